The molecule has 0 aliphatic carbocycles. The Bertz CT molecular complexity index is 1410. The molecule has 0 aliphatic rings. The SMILES string of the molecule is COc1ccc(-c2cc(C(=O)Nc3ccc(Cn4cncn4)cc3)c3cnn(C)c3n2)cc1. The summed E-state index contributed by atoms with van der Waals surface area (Å²) in [4.78, 5) is 21.9. The lowest BCUT2D eigenvalue weighted by Crippen LogP contribution is -2.13. The molecule has 164 valence electrons. The zero-order valence-corrected chi connectivity index (χ0v) is 18.1. The van der Waals surface area contributed by atoms with Gasteiger partial charge in [0.05, 0.1) is 36.5 Å². The van der Waals surface area contributed by atoms with Crippen molar-refractivity contribution in [1.82, 2.24) is 29.5 Å². The van der Waals surface area contributed by atoms with Crippen molar-refractivity contribution in [2.75, 3.05) is 12.4 Å². The summed E-state index contributed by atoms with van der Waals surface area (Å²) in [5.74, 6) is 0.528. The van der Waals surface area contributed by atoms with Gasteiger partial charge in [0.15, 0.2) is 5.65 Å². The highest BCUT2D eigenvalue weighted by Crippen LogP contribution is 2.27. The second-order valence-corrected chi connectivity index (χ2v) is 7.53. The number of hydrogen-bond acceptors (Lipinski definition) is 6. The standard InChI is InChI=1S/C24H21N7O2/c1-30-23-21(12-26-30)20(11-22(29-23)17-5-9-19(33-2)10-6-17)24(32)28-18-7-3-16(4-8-18)13-31-15-25-14-27-31/h3-12,14-15H,13H2,1-2H3,(H,28,32). The number of carbonyl (C=O) groups excluding carboxylic acids is 1. The van der Waals surface area contributed by atoms with Gasteiger partial charge in [0.25, 0.3) is 5.91 Å². The van der Waals surface area contributed by atoms with Crippen LogP contribution in [-0.4, -0.2) is 42.5 Å². The van der Waals surface area contributed by atoms with Gasteiger partial charge in [-0.1, -0.05) is 12.1 Å². The third-order valence-electron chi connectivity index (χ3n) is 5.36. The van der Waals surface area contributed by atoms with Crippen LogP contribution >= 0.6 is 0 Å². The van der Waals surface area contributed by atoms with Crippen LogP contribution in [0.15, 0.2) is 73.4 Å². The van der Waals surface area contributed by atoms with Crippen molar-refractivity contribution in [3.05, 3.63) is 84.6 Å². The molecular weight excluding hydrogens is 418 g/mol. The number of ether oxygens (including phenoxy) is 1. The monoisotopic (exact) mass is 439 g/mol. The molecule has 0 aliphatic heterocycles. The molecule has 9 nitrogen and oxygen atoms in total. The Labute approximate surface area is 189 Å². The minimum absolute atomic E-state index is 0.228. The third-order valence-corrected chi connectivity index (χ3v) is 5.36. The summed E-state index contributed by atoms with van der Waals surface area (Å²) in [6, 6.07) is 17.0. The smallest absolute Gasteiger partial charge is 0.256 e. The van der Waals surface area contributed by atoms with Gasteiger partial charge >= 0.3 is 0 Å². The maximum Gasteiger partial charge on any atom is 0.256 e. The van der Waals surface area contributed by atoms with Gasteiger partial charge in [-0.25, -0.2) is 14.6 Å². The van der Waals surface area contributed by atoms with Gasteiger partial charge in [-0.15, -0.1) is 0 Å². The summed E-state index contributed by atoms with van der Waals surface area (Å²) in [7, 11) is 3.43. The van der Waals surface area contributed by atoms with E-state index in [2.05, 4.69) is 20.5 Å². The number of nitrogens with one attached hydrogen (secondary N) is 1. The van der Waals surface area contributed by atoms with Crippen LogP contribution in [0.4, 0.5) is 5.69 Å². The molecular formula is C24H21N7O2. The number of nitrogens with zero attached hydrogens (tertiary/aromatic N) is 6. The van der Waals surface area contributed by atoms with Gasteiger partial charge in [-0.2, -0.15) is 10.2 Å². The molecule has 1 amide bonds. The number of aromatic nitrogens is 6. The van der Waals surface area contributed by atoms with Crippen molar-refractivity contribution < 1.29 is 9.53 Å². The largest absolute Gasteiger partial charge is 0.497 e. The van der Waals surface area contributed by atoms with Crippen LogP contribution in [0.1, 0.15) is 15.9 Å². The molecule has 0 radical (unpaired) electrons. The normalized spacial score (nSPS) is 11.0. The van der Waals surface area contributed by atoms with Crippen molar-refractivity contribution in [3.8, 4) is 17.0 Å². The predicted octanol–water partition coefficient (Wildman–Crippen LogP) is 3.54. The minimum atomic E-state index is -0.228. The zero-order chi connectivity index (χ0) is 22.8. The molecule has 1 N–H and O–H groups in total. The fourth-order valence-electron chi connectivity index (χ4n) is 3.61. The van der Waals surface area contributed by atoms with E-state index in [1.807, 2.05) is 55.6 Å². The van der Waals surface area contributed by atoms with E-state index in [-0.39, 0.29) is 5.91 Å². The van der Waals surface area contributed by atoms with Gasteiger partial charge in [-0.05, 0) is 48.0 Å². The molecule has 9 heteroatoms. The van der Waals surface area contributed by atoms with Crippen LogP contribution in [-0.2, 0) is 13.6 Å². The average Bonchev–Trinajstić information content (AvgIpc) is 3.49. The van der Waals surface area contributed by atoms with E-state index in [0.717, 1.165) is 16.9 Å². The molecule has 2 aromatic carbocycles. The van der Waals surface area contributed by atoms with Crippen molar-refractivity contribution in [3.63, 3.8) is 0 Å². The van der Waals surface area contributed by atoms with E-state index in [0.29, 0.717) is 34.5 Å². The predicted molar refractivity (Wildman–Crippen MR) is 124 cm³/mol. The summed E-state index contributed by atoms with van der Waals surface area (Å²) in [5.41, 5.74) is 4.45. The highest BCUT2D eigenvalue weighted by Gasteiger charge is 2.17. The summed E-state index contributed by atoms with van der Waals surface area (Å²) < 4.78 is 8.65. The molecule has 0 atom stereocenters. The second kappa shape index (κ2) is 8.54. The van der Waals surface area contributed by atoms with Crippen LogP contribution in [0.5, 0.6) is 5.75 Å². The highest BCUT2D eigenvalue weighted by molar-refractivity contribution is 6.12. The fraction of sp³-hybridized carbons (Fsp3) is 0.125. The van der Waals surface area contributed by atoms with Gasteiger partial charge in [0.1, 0.15) is 18.4 Å². The molecule has 5 rings (SSSR count). The van der Waals surface area contributed by atoms with E-state index < -0.39 is 0 Å². The molecule has 3 aromatic heterocycles. The number of fused-ring (bicyclic) bond motifs is 1. The zero-order valence-electron chi connectivity index (χ0n) is 18.1. The number of aryl methyl sites for hydroxylation is 1. The molecule has 33 heavy (non-hydrogen) atoms. The Morgan fingerprint density at radius 3 is 2.55 bits per heavy atom. The van der Waals surface area contributed by atoms with Gasteiger partial charge in [0.2, 0.25) is 0 Å². The van der Waals surface area contributed by atoms with E-state index >= 15 is 0 Å². The molecule has 0 fully saturated rings. The molecule has 0 bridgehead atoms. The first-order chi connectivity index (χ1) is 16.1. The maximum atomic E-state index is 13.2. The lowest BCUT2D eigenvalue weighted by atomic mass is 10.1. The second-order valence-electron chi connectivity index (χ2n) is 7.53. The summed E-state index contributed by atoms with van der Waals surface area (Å²) in [6.45, 7) is 0.611. The number of benzene rings is 2. The van der Waals surface area contributed by atoms with E-state index in [4.69, 9.17) is 9.72 Å². The van der Waals surface area contributed by atoms with E-state index in [1.165, 1.54) is 6.33 Å². The Morgan fingerprint density at radius 2 is 1.85 bits per heavy atom. The van der Waals surface area contributed by atoms with Crippen LogP contribution in [0.25, 0.3) is 22.3 Å². The van der Waals surface area contributed by atoms with Crippen molar-refractivity contribution >= 4 is 22.6 Å². The fourth-order valence-corrected chi connectivity index (χ4v) is 3.61. The Balaban J connectivity index is 1.43. The third kappa shape index (κ3) is 4.16. The van der Waals surface area contributed by atoms with Gasteiger partial charge < -0.3 is 10.1 Å². The number of hydrogen-bond donors (Lipinski definition) is 1. The van der Waals surface area contributed by atoms with Crippen molar-refractivity contribution in [1.29, 1.82) is 0 Å². The number of carbonyl (C=O) groups is 1. The quantitative estimate of drug-likeness (QED) is 0.434. The summed E-state index contributed by atoms with van der Waals surface area (Å²) in [5, 5.41) is 12.1. The number of pyridine rings is 1. The number of amides is 1. The molecule has 5 aromatic rings. The topological polar surface area (TPSA) is 99.7 Å². The van der Waals surface area contributed by atoms with Gasteiger partial charge in [-0.3, -0.25) is 9.48 Å². The number of methoxy groups -OCH3 is 1. The van der Waals surface area contributed by atoms with Crippen molar-refractivity contribution in [2.24, 2.45) is 7.05 Å². The lowest BCUT2D eigenvalue weighted by molar-refractivity contribution is 0.102. The first-order valence-corrected chi connectivity index (χ1v) is 10.3. The minimum Gasteiger partial charge on any atom is -0.497 e. The summed E-state index contributed by atoms with van der Waals surface area (Å²) in [6.07, 6.45) is 4.83. The van der Waals surface area contributed by atoms with E-state index in [1.54, 1.807) is 35.1 Å². The van der Waals surface area contributed by atoms with Crippen LogP contribution in [0.2, 0.25) is 0 Å². The Kier molecular flexibility index (Phi) is 5.27. The maximum absolute atomic E-state index is 13.2. The first-order valence-electron chi connectivity index (χ1n) is 10.3. The Hall–Kier alpha value is -4.53. The average molecular weight is 439 g/mol. The number of anilines is 1. The summed E-state index contributed by atoms with van der Waals surface area (Å²) >= 11 is 0. The number of rotatable bonds is 6. The molecule has 0 spiro atoms. The lowest BCUT2D eigenvalue weighted by Gasteiger charge is -2.10. The highest BCUT2D eigenvalue weighted by atomic mass is 16.5. The van der Waals surface area contributed by atoms with Crippen molar-refractivity contribution in [2.45, 2.75) is 6.54 Å². The van der Waals surface area contributed by atoms with Crippen LogP contribution < -0.4 is 10.1 Å². The first kappa shape index (κ1) is 20.4. The molecule has 3 heterocycles. The molecule has 0 unspecified atom stereocenters. The van der Waals surface area contributed by atoms with Crippen LogP contribution in [0, 0.1) is 0 Å². The molecule has 0 saturated heterocycles. The van der Waals surface area contributed by atoms with Gasteiger partial charge in [0, 0.05) is 18.3 Å². The van der Waals surface area contributed by atoms with E-state index in [9.17, 15) is 4.79 Å². The Morgan fingerprint density at radius 1 is 1.06 bits per heavy atom. The van der Waals surface area contributed by atoms with Crippen LogP contribution in [0.3, 0.4) is 0 Å². The molecule has 0 saturated carbocycles.